The Hall–Kier alpha value is -4.88. The van der Waals surface area contributed by atoms with Gasteiger partial charge in [-0.2, -0.15) is 0 Å². The predicted octanol–water partition coefficient (Wildman–Crippen LogP) is 4.34. The smallest absolute Gasteiger partial charge is 0.262 e. The summed E-state index contributed by atoms with van der Waals surface area (Å²) in [7, 11) is 6.10. The Morgan fingerprint density at radius 1 is 0.593 bits per heavy atom. The molecule has 4 aliphatic heterocycles. The van der Waals surface area contributed by atoms with Gasteiger partial charge in [0.15, 0.2) is 0 Å². The molecule has 0 bridgehead atoms. The predicted molar refractivity (Wildman–Crippen MR) is 212 cm³/mol. The van der Waals surface area contributed by atoms with Gasteiger partial charge in [0, 0.05) is 108 Å². The minimum atomic E-state index is -0.680. The molecule has 0 aliphatic carbocycles. The molecule has 1 N–H and O–H groups in total. The van der Waals surface area contributed by atoms with Crippen molar-refractivity contribution in [3.63, 3.8) is 0 Å². The van der Waals surface area contributed by atoms with Gasteiger partial charge < -0.3 is 19.6 Å². The highest BCUT2D eigenvalue weighted by atomic mass is 16.2. The van der Waals surface area contributed by atoms with Crippen LogP contribution in [0.3, 0.4) is 0 Å². The number of carbonyl (C=O) groups excluding carboxylic acids is 4. The number of amides is 4. The molecular formula is C42H50N8O4. The molecule has 8 rings (SSSR count). The van der Waals surface area contributed by atoms with Gasteiger partial charge in [0.1, 0.15) is 0 Å². The quantitative estimate of drug-likeness (QED) is 0.198. The zero-order valence-electron chi connectivity index (χ0n) is 32.1. The van der Waals surface area contributed by atoms with Crippen molar-refractivity contribution in [1.82, 2.24) is 29.8 Å². The van der Waals surface area contributed by atoms with Crippen molar-refractivity contribution in [3.8, 4) is 0 Å². The summed E-state index contributed by atoms with van der Waals surface area (Å²) in [5, 5.41) is 6.75. The van der Waals surface area contributed by atoms with E-state index in [2.05, 4.69) is 39.0 Å². The second kappa shape index (κ2) is 14.1. The Bertz CT molecular complexity index is 2130. The number of imide groups is 2. The van der Waals surface area contributed by atoms with Crippen molar-refractivity contribution in [3.05, 3.63) is 82.9 Å². The van der Waals surface area contributed by atoms with E-state index in [0.29, 0.717) is 39.4 Å². The number of piperazine rings is 2. The largest absolute Gasteiger partial charge is 0.368 e. The summed E-state index contributed by atoms with van der Waals surface area (Å²) in [6, 6.07) is 19.2. The zero-order chi connectivity index (χ0) is 38.0. The van der Waals surface area contributed by atoms with E-state index in [1.807, 2.05) is 87.3 Å². The fourth-order valence-corrected chi connectivity index (χ4v) is 8.86. The Balaban J connectivity index is 1.02. The van der Waals surface area contributed by atoms with E-state index >= 15 is 0 Å². The summed E-state index contributed by atoms with van der Waals surface area (Å²) < 4.78 is 0. The Labute approximate surface area is 316 Å². The number of carbonyl (C=O) groups is 4. The van der Waals surface area contributed by atoms with E-state index in [1.54, 1.807) is 6.07 Å². The Morgan fingerprint density at radius 2 is 1.00 bits per heavy atom. The number of rotatable bonds is 9. The van der Waals surface area contributed by atoms with Crippen LogP contribution in [0, 0.1) is 0 Å². The minimum Gasteiger partial charge on any atom is -0.368 e. The molecule has 4 amide bonds. The van der Waals surface area contributed by atoms with Gasteiger partial charge in [-0.1, -0.05) is 31.2 Å². The lowest BCUT2D eigenvalue weighted by atomic mass is 9.92. The van der Waals surface area contributed by atoms with E-state index < -0.39 is 12.3 Å². The van der Waals surface area contributed by atoms with E-state index in [0.717, 1.165) is 74.5 Å². The van der Waals surface area contributed by atoms with Gasteiger partial charge in [-0.25, -0.2) is 0 Å². The number of nitrogens with zero attached hydrogens (tertiary/aromatic N) is 7. The lowest BCUT2D eigenvalue weighted by Crippen LogP contribution is -2.61. The Kier molecular flexibility index (Phi) is 9.41. The SMILES string of the molecule is CCC(NC(C)N1C(=O)c2cccc3c(N4CCN(C)CC4)ccc(c23)C1=O)N(C)C(C)N1C(=O)c2cccc3c(N4CCN(C)CC4)ccc(c23)C1=O. The molecule has 3 atom stereocenters. The van der Waals surface area contributed by atoms with Gasteiger partial charge in [-0.3, -0.25) is 39.2 Å². The van der Waals surface area contributed by atoms with Gasteiger partial charge >= 0.3 is 0 Å². The molecule has 3 unspecified atom stereocenters. The third kappa shape index (κ3) is 5.83. The molecule has 4 aliphatic rings. The van der Waals surface area contributed by atoms with Gasteiger partial charge in [0.25, 0.3) is 23.6 Å². The number of hydrogen-bond donors (Lipinski definition) is 1. The molecule has 0 spiro atoms. The van der Waals surface area contributed by atoms with Crippen LogP contribution in [0.15, 0.2) is 60.7 Å². The third-order valence-electron chi connectivity index (χ3n) is 12.2. The summed E-state index contributed by atoms with van der Waals surface area (Å²) in [5.41, 5.74) is 4.14. The summed E-state index contributed by atoms with van der Waals surface area (Å²) in [5.74, 6) is -1.36. The van der Waals surface area contributed by atoms with Crippen molar-refractivity contribution in [1.29, 1.82) is 0 Å². The molecule has 12 nitrogen and oxygen atoms in total. The molecule has 2 saturated heterocycles. The maximum Gasteiger partial charge on any atom is 0.262 e. The van der Waals surface area contributed by atoms with Crippen LogP contribution in [-0.4, -0.2) is 140 Å². The highest BCUT2D eigenvalue weighted by Crippen LogP contribution is 2.39. The molecule has 4 aromatic carbocycles. The number of hydrogen-bond acceptors (Lipinski definition) is 10. The zero-order valence-corrected chi connectivity index (χ0v) is 32.1. The first-order chi connectivity index (χ1) is 26.0. The molecule has 282 valence electrons. The number of nitrogens with one attached hydrogen (secondary N) is 1. The van der Waals surface area contributed by atoms with Crippen LogP contribution < -0.4 is 15.1 Å². The van der Waals surface area contributed by atoms with Crippen LogP contribution in [0.5, 0.6) is 0 Å². The third-order valence-corrected chi connectivity index (χ3v) is 12.2. The van der Waals surface area contributed by atoms with Crippen molar-refractivity contribution < 1.29 is 19.2 Å². The lowest BCUT2D eigenvalue weighted by molar-refractivity contribution is 0.0153. The second-order valence-electron chi connectivity index (χ2n) is 15.3. The number of benzene rings is 4. The normalized spacial score (nSPS) is 20.1. The van der Waals surface area contributed by atoms with Gasteiger partial charge in [0.2, 0.25) is 0 Å². The number of anilines is 2. The molecular weight excluding hydrogens is 681 g/mol. The van der Waals surface area contributed by atoms with Crippen LogP contribution in [0.1, 0.15) is 68.6 Å². The molecule has 4 heterocycles. The van der Waals surface area contributed by atoms with Crippen molar-refractivity contribution in [2.75, 3.05) is 83.3 Å². The first-order valence-electron chi connectivity index (χ1n) is 19.2. The summed E-state index contributed by atoms with van der Waals surface area (Å²) >= 11 is 0. The van der Waals surface area contributed by atoms with Crippen LogP contribution in [-0.2, 0) is 0 Å². The fourth-order valence-electron chi connectivity index (χ4n) is 8.86. The molecule has 0 aromatic heterocycles. The molecule has 2 fully saturated rings. The second-order valence-corrected chi connectivity index (χ2v) is 15.3. The molecule has 12 heteroatoms. The highest BCUT2D eigenvalue weighted by molar-refractivity contribution is 6.28. The van der Waals surface area contributed by atoms with Crippen molar-refractivity contribution in [2.45, 2.75) is 45.7 Å². The molecule has 0 saturated carbocycles. The standard InChI is InChI=1S/C42H50N8O4/c1-7-36(43-26(2)49-39(51)30-12-8-10-28-34(47-22-18-44(4)19-23-47)16-14-32(37(28)30)40(49)52)46(6)27(3)50-41(53)31-13-9-11-29-35(48-24-20-45(5)21-25-48)17-15-33(38(29)31)42(50)54/h8-17,26-27,36,43H,7,18-25H2,1-6H3. The first kappa shape index (κ1) is 36.1. The van der Waals surface area contributed by atoms with Crippen LogP contribution >= 0.6 is 0 Å². The van der Waals surface area contributed by atoms with Crippen LogP contribution in [0.2, 0.25) is 0 Å². The molecule has 4 aromatic rings. The lowest BCUT2D eigenvalue weighted by Gasteiger charge is -2.42. The number of likely N-dealkylation sites (N-methyl/N-ethyl adjacent to an activating group) is 2. The first-order valence-corrected chi connectivity index (χ1v) is 19.2. The Morgan fingerprint density at radius 3 is 1.43 bits per heavy atom. The van der Waals surface area contributed by atoms with E-state index in [-0.39, 0.29) is 29.8 Å². The summed E-state index contributed by atoms with van der Waals surface area (Å²) in [6.45, 7) is 13.0. The van der Waals surface area contributed by atoms with Crippen LogP contribution in [0.25, 0.3) is 21.5 Å². The topological polar surface area (TPSA) is 103 Å². The van der Waals surface area contributed by atoms with E-state index in [1.165, 1.54) is 9.80 Å². The van der Waals surface area contributed by atoms with Gasteiger partial charge in [0.05, 0.1) is 18.5 Å². The summed E-state index contributed by atoms with van der Waals surface area (Å²) in [6.07, 6.45) is -1.12. The van der Waals surface area contributed by atoms with Gasteiger partial charge in [-0.05, 0) is 77.8 Å². The van der Waals surface area contributed by atoms with Crippen LogP contribution in [0.4, 0.5) is 11.4 Å². The monoisotopic (exact) mass is 730 g/mol. The molecule has 54 heavy (non-hydrogen) atoms. The van der Waals surface area contributed by atoms with E-state index in [4.69, 9.17) is 0 Å². The van der Waals surface area contributed by atoms with Gasteiger partial charge in [-0.15, -0.1) is 0 Å². The summed E-state index contributed by atoms with van der Waals surface area (Å²) in [4.78, 5) is 70.7. The van der Waals surface area contributed by atoms with E-state index in [9.17, 15) is 19.2 Å². The molecule has 0 radical (unpaired) electrons. The van der Waals surface area contributed by atoms with Crippen molar-refractivity contribution in [2.24, 2.45) is 0 Å². The maximum absolute atomic E-state index is 14.2. The maximum atomic E-state index is 14.2. The van der Waals surface area contributed by atoms with Crippen molar-refractivity contribution >= 4 is 56.5 Å². The minimum absolute atomic E-state index is 0.335. The fraction of sp³-hybridized carbons (Fsp3) is 0.429. The average Bonchev–Trinajstić information content (AvgIpc) is 3.18. The highest BCUT2D eigenvalue weighted by Gasteiger charge is 2.41. The average molecular weight is 731 g/mol.